The maximum Gasteiger partial charge on any atom is 0.152 e. The summed E-state index contributed by atoms with van der Waals surface area (Å²) in [6.45, 7) is 0. The second-order valence-electron chi connectivity index (χ2n) is 4.45. The smallest absolute Gasteiger partial charge is 0.152 e. The highest BCUT2D eigenvalue weighted by Crippen LogP contribution is 2.36. The molecule has 1 aromatic heterocycles. The van der Waals surface area contributed by atoms with Crippen LogP contribution in [0.5, 0.6) is 11.5 Å². The summed E-state index contributed by atoms with van der Waals surface area (Å²) in [7, 11) is 0. The number of nitrogens with zero attached hydrogens (tertiary/aromatic N) is 2. The van der Waals surface area contributed by atoms with Crippen molar-refractivity contribution in [3.63, 3.8) is 0 Å². The minimum atomic E-state index is -0.139. The van der Waals surface area contributed by atoms with Gasteiger partial charge in [0.25, 0.3) is 0 Å². The molecule has 0 aliphatic heterocycles. The van der Waals surface area contributed by atoms with Crippen molar-refractivity contribution < 1.29 is 10.2 Å². The molecule has 0 aliphatic carbocycles. The Balaban J connectivity index is 2.00. The molecule has 1 heterocycles. The number of phenolic OH excluding ortho intramolecular Hbond substituents is 2. The van der Waals surface area contributed by atoms with E-state index in [4.69, 9.17) is 23.2 Å². The number of rotatable bonds is 2. The van der Waals surface area contributed by atoms with Gasteiger partial charge in [0.1, 0.15) is 5.75 Å². The monoisotopic (exact) mass is 320 g/mol. The van der Waals surface area contributed by atoms with E-state index >= 15 is 0 Å². The average molecular weight is 321 g/mol. The van der Waals surface area contributed by atoms with Crippen LogP contribution in [-0.4, -0.2) is 20.0 Å². The van der Waals surface area contributed by atoms with E-state index < -0.39 is 0 Å². The van der Waals surface area contributed by atoms with Gasteiger partial charge >= 0.3 is 0 Å². The zero-order valence-electron chi connectivity index (χ0n) is 10.7. The van der Waals surface area contributed by atoms with Crippen LogP contribution in [-0.2, 0) is 0 Å². The Kier molecular flexibility index (Phi) is 3.49. The van der Waals surface area contributed by atoms with Crippen molar-refractivity contribution in [3.05, 3.63) is 58.7 Å². The number of hydrogen-bond acceptors (Lipinski definition) is 3. The van der Waals surface area contributed by atoms with Crippen LogP contribution in [0, 0.1) is 0 Å². The fourth-order valence-electron chi connectivity index (χ4n) is 1.94. The molecule has 2 aromatic carbocycles. The summed E-state index contributed by atoms with van der Waals surface area (Å²) in [6.07, 6.45) is 1.79. The molecule has 0 unspecified atom stereocenters. The van der Waals surface area contributed by atoms with Crippen LogP contribution < -0.4 is 0 Å². The predicted molar refractivity (Wildman–Crippen MR) is 82.3 cm³/mol. The fraction of sp³-hybridized carbons (Fsp3) is 0. The highest BCUT2D eigenvalue weighted by molar-refractivity contribution is 6.37. The summed E-state index contributed by atoms with van der Waals surface area (Å²) in [6, 6.07) is 11.7. The zero-order chi connectivity index (χ0) is 15.0. The van der Waals surface area contributed by atoms with Crippen LogP contribution in [0.4, 0.5) is 0 Å². The third-order valence-electron chi connectivity index (χ3n) is 3.02. The maximum atomic E-state index is 9.57. The van der Waals surface area contributed by atoms with Gasteiger partial charge in [-0.25, -0.2) is 4.68 Å². The average Bonchev–Trinajstić information content (AvgIpc) is 2.95. The summed E-state index contributed by atoms with van der Waals surface area (Å²) in [5.41, 5.74) is 2.20. The Labute approximate surface area is 130 Å². The molecular formula is C15H10Cl2N2O2. The Morgan fingerprint density at radius 3 is 2.14 bits per heavy atom. The van der Waals surface area contributed by atoms with Crippen molar-refractivity contribution in [1.82, 2.24) is 9.78 Å². The lowest BCUT2D eigenvalue weighted by Crippen LogP contribution is -1.94. The minimum Gasteiger partial charge on any atom is -0.508 e. The molecule has 106 valence electrons. The van der Waals surface area contributed by atoms with Gasteiger partial charge in [0.05, 0.1) is 21.4 Å². The maximum absolute atomic E-state index is 9.57. The molecule has 0 spiro atoms. The molecule has 2 N–H and O–H groups in total. The van der Waals surface area contributed by atoms with Gasteiger partial charge in [0, 0.05) is 11.8 Å². The number of phenols is 2. The van der Waals surface area contributed by atoms with Gasteiger partial charge in [-0.15, -0.1) is 0 Å². The molecule has 4 nitrogen and oxygen atoms in total. The quantitative estimate of drug-likeness (QED) is 0.741. The van der Waals surface area contributed by atoms with E-state index in [1.807, 2.05) is 6.07 Å². The van der Waals surface area contributed by atoms with Gasteiger partial charge in [0.2, 0.25) is 0 Å². The largest absolute Gasteiger partial charge is 0.508 e. The lowest BCUT2D eigenvalue weighted by atomic mass is 10.1. The van der Waals surface area contributed by atoms with Gasteiger partial charge in [-0.1, -0.05) is 23.2 Å². The van der Waals surface area contributed by atoms with Crippen LogP contribution in [0.2, 0.25) is 10.0 Å². The van der Waals surface area contributed by atoms with Crippen LogP contribution >= 0.6 is 23.2 Å². The second-order valence-corrected chi connectivity index (χ2v) is 5.26. The van der Waals surface area contributed by atoms with E-state index in [9.17, 15) is 10.2 Å². The molecule has 0 saturated heterocycles. The Morgan fingerprint density at radius 1 is 0.905 bits per heavy atom. The van der Waals surface area contributed by atoms with E-state index in [0.29, 0.717) is 11.3 Å². The highest BCUT2D eigenvalue weighted by Gasteiger charge is 2.10. The number of benzene rings is 2. The Morgan fingerprint density at radius 2 is 1.52 bits per heavy atom. The van der Waals surface area contributed by atoms with Crippen LogP contribution in [0.15, 0.2) is 48.7 Å². The van der Waals surface area contributed by atoms with E-state index in [1.165, 1.54) is 0 Å². The molecule has 0 fully saturated rings. The molecule has 3 aromatic rings. The van der Waals surface area contributed by atoms with Gasteiger partial charge in [-0.3, -0.25) is 0 Å². The molecule has 0 atom stereocenters. The highest BCUT2D eigenvalue weighted by atomic mass is 35.5. The number of aromatic hydroxyl groups is 2. The zero-order valence-corrected chi connectivity index (χ0v) is 12.2. The summed E-state index contributed by atoms with van der Waals surface area (Å²) in [4.78, 5) is 0. The standard InChI is InChI=1S/C15H10Cl2N2O2/c16-12-7-9(8-13(17)15(12)21)14-5-6-19(18-14)10-1-3-11(20)4-2-10/h1-8,20-21H. The first-order chi connectivity index (χ1) is 10.0. The van der Waals surface area contributed by atoms with Gasteiger partial charge < -0.3 is 10.2 Å². The molecule has 0 radical (unpaired) electrons. The van der Waals surface area contributed by atoms with Crippen LogP contribution in [0.25, 0.3) is 16.9 Å². The number of aromatic nitrogens is 2. The predicted octanol–water partition coefficient (Wildman–Crippen LogP) is 4.26. The molecule has 21 heavy (non-hydrogen) atoms. The Hall–Kier alpha value is -2.17. The molecule has 0 amide bonds. The molecule has 6 heteroatoms. The van der Waals surface area contributed by atoms with Crippen LogP contribution in [0.3, 0.4) is 0 Å². The first-order valence-corrected chi connectivity index (χ1v) is 6.83. The number of halogens is 2. The third-order valence-corrected chi connectivity index (χ3v) is 3.59. The van der Waals surface area contributed by atoms with Crippen LogP contribution in [0.1, 0.15) is 0 Å². The first kappa shape index (κ1) is 13.8. The van der Waals surface area contributed by atoms with Gasteiger partial charge in [-0.05, 0) is 42.5 Å². The lowest BCUT2D eigenvalue weighted by molar-refractivity contribution is 0.475. The summed E-state index contributed by atoms with van der Waals surface area (Å²) >= 11 is 11.8. The fourth-order valence-corrected chi connectivity index (χ4v) is 2.43. The minimum absolute atomic E-state index is 0.139. The molecule has 3 rings (SSSR count). The van der Waals surface area contributed by atoms with Crippen molar-refractivity contribution in [2.75, 3.05) is 0 Å². The van der Waals surface area contributed by atoms with Crippen molar-refractivity contribution in [3.8, 4) is 28.4 Å². The molecule has 0 aliphatic rings. The van der Waals surface area contributed by atoms with Gasteiger partial charge in [0.15, 0.2) is 5.75 Å². The molecular weight excluding hydrogens is 311 g/mol. The number of hydrogen-bond donors (Lipinski definition) is 2. The Bertz CT molecular complexity index is 775. The van der Waals surface area contributed by atoms with Crippen molar-refractivity contribution in [1.29, 1.82) is 0 Å². The second kappa shape index (κ2) is 5.31. The van der Waals surface area contributed by atoms with E-state index in [-0.39, 0.29) is 21.5 Å². The summed E-state index contributed by atoms with van der Waals surface area (Å²) < 4.78 is 1.67. The lowest BCUT2D eigenvalue weighted by Gasteiger charge is -2.04. The third kappa shape index (κ3) is 2.68. The van der Waals surface area contributed by atoms with E-state index in [1.54, 1.807) is 47.3 Å². The summed E-state index contributed by atoms with van der Waals surface area (Å²) in [5.74, 6) is 0.0586. The van der Waals surface area contributed by atoms with E-state index in [0.717, 1.165) is 5.69 Å². The van der Waals surface area contributed by atoms with E-state index in [2.05, 4.69) is 5.10 Å². The normalized spacial score (nSPS) is 10.8. The topological polar surface area (TPSA) is 58.3 Å². The first-order valence-electron chi connectivity index (χ1n) is 6.08. The van der Waals surface area contributed by atoms with Crippen molar-refractivity contribution in [2.45, 2.75) is 0 Å². The molecule has 0 bridgehead atoms. The SMILES string of the molecule is Oc1ccc(-n2ccc(-c3cc(Cl)c(O)c(Cl)c3)n2)cc1. The van der Waals surface area contributed by atoms with Crippen molar-refractivity contribution >= 4 is 23.2 Å². The molecule has 0 saturated carbocycles. The summed E-state index contributed by atoms with van der Waals surface area (Å²) in [5, 5.41) is 23.6. The van der Waals surface area contributed by atoms with Crippen molar-refractivity contribution in [2.24, 2.45) is 0 Å². The van der Waals surface area contributed by atoms with Gasteiger partial charge in [-0.2, -0.15) is 5.10 Å².